The zero-order chi connectivity index (χ0) is 14.0. The zero-order valence-corrected chi connectivity index (χ0v) is 12.8. The molecule has 0 aliphatic carbocycles. The molecule has 0 saturated carbocycles. The lowest BCUT2D eigenvalue weighted by Crippen LogP contribution is -2.46. The topological polar surface area (TPSA) is 43.0 Å². The first-order chi connectivity index (χ1) is 9.90. The highest BCUT2D eigenvalue weighted by Crippen LogP contribution is 2.26. The Hall–Kier alpha value is -0.200. The van der Waals surface area contributed by atoms with Gasteiger partial charge in [0.15, 0.2) is 0 Å². The molecule has 1 N–H and O–H groups in total. The summed E-state index contributed by atoms with van der Waals surface area (Å²) >= 11 is 0. The highest BCUT2D eigenvalue weighted by molar-refractivity contribution is 4.89. The van der Waals surface area contributed by atoms with Crippen LogP contribution < -0.4 is 5.32 Å². The number of rotatable bonds is 10. The lowest BCUT2D eigenvalue weighted by Gasteiger charge is -2.35. The van der Waals surface area contributed by atoms with Crippen LogP contribution in [0.25, 0.3) is 0 Å². The second-order valence-corrected chi connectivity index (χ2v) is 5.72. The van der Waals surface area contributed by atoms with E-state index in [2.05, 4.69) is 10.2 Å². The minimum Gasteiger partial charge on any atom is -0.382 e. The van der Waals surface area contributed by atoms with Gasteiger partial charge in [-0.25, -0.2) is 0 Å². The Morgan fingerprint density at radius 2 is 1.80 bits per heavy atom. The Labute approximate surface area is 122 Å². The minimum atomic E-state index is 0.651. The van der Waals surface area contributed by atoms with Gasteiger partial charge in [0.2, 0.25) is 0 Å². The van der Waals surface area contributed by atoms with Gasteiger partial charge in [0.25, 0.3) is 0 Å². The largest absolute Gasteiger partial charge is 0.382 e. The number of nitrogens with zero attached hydrogens (tertiary/aromatic N) is 1. The van der Waals surface area contributed by atoms with Crippen LogP contribution in [-0.2, 0) is 14.2 Å². The standard InChI is InChI=1S/C15H30N2O3/c1-18-9-10-20-12-11-19-8-5-16-14-4-7-17-6-2-3-15(17)13-14/h14-16H,2-13H2,1H3. The molecule has 0 aromatic carbocycles. The fourth-order valence-corrected chi connectivity index (χ4v) is 3.21. The highest BCUT2D eigenvalue weighted by atomic mass is 16.5. The number of hydrogen-bond donors (Lipinski definition) is 1. The van der Waals surface area contributed by atoms with Gasteiger partial charge in [0.05, 0.1) is 33.0 Å². The summed E-state index contributed by atoms with van der Waals surface area (Å²) in [6, 6.07) is 1.53. The van der Waals surface area contributed by atoms with Gasteiger partial charge in [0.1, 0.15) is 0 Å². The fraction of sp³-hybridized carbons (Fsp3) is 1.00. The highest BCUT2D eigenvalue weighted by Gasteiger charge is 2.31. The van der Waals surface area contributed by atoms with Gasteiger partial charge in [-0.2, -0.15) is 0 Å². The Bertz CT molecular complexity index is 253. The molecule has 0 aromatic heterocycles. The van der Waals surface area contributed by atoms with E-state index in [-0.39, 0.29) is 0 Å². The summed E-state index contributed by atoms with van der Waals surface area (Å²) in [6.45, 7) is 6.96. The van der Waals surface area contributed by atoms with Crippen molar-refractivity contribution in [2.75, 3.05) is 59.8 Å². The Morgan fingerprint density at radius 1 is 1.00 bits per heavy atom. The second kappa shape index (κ2) is 9.68. The van der Waals surface area contributed by atoms with Crippen LogP contribution in [0.2, 0.25) is 0 Å². The summed E-state index contributed by atoms with van der Waals surface area (Å²) in [5.41, 5.74) is 0. The van der Waals surface area contributed by atoms with Crippen molar-refractivity contribution in [1.29, 1.82) is 0 Å². The Kier molecular flexibility index (Phi) is 7.83. The van der Waals surface area contributed by atoms with E-state index in [1.54, 1.807) is 7.11 Å². The van der Waals surface area contributed by atoms with Gasteiger partial charge < -0.3 is 24.4 Å². The average molecular weight is 286 g/mol. The van der Waals surface area contributed by atoms with Crippen molar-refractivity contribution in [3.63, 3.8) is 0 Å². The third kappa shape index (κ3) is 5.66. The van der Waals surface area contributed by atoms with Crippen molar-refractivity contribution in [3.05, 3.63) is 0 Å². The van der Waals surface area contributed by atoms with Crippen molar-refractivity contribution in [2.24, 2.45) is 0 Å². The van der Waals surface area contributed by atoms with Crippen LogP contribution in [0.3, 0.4) is 0 Å². The van der Waals surface area contributed by atoms with Crippen LogP contribution in [0.5, 0.6) is 0 Å². The summed E-state index contributed by atoms with van der Waals surface area (Å²) in [6.07, 6.45) is 5.40. The average Bonchev–Trinajstić information content (AvgIpc) is 2.93. The summed E-state index contributed by atoms with van der Waals surface area (Å²) in [5, 5.41) is 3.63. The third-order valence-corrected chi connectivity index (χ3v) is 4.30. The number of fused-ring (bicyclic) bond motifs is 1. The SMILES string of the molecule is COCCOCCOCCNC1CCN2CCCC2C1. The molecule has 0 amide bonds. The molecule has 5 heteroatoms. The van der Waals surface area contributed by atoms with Crippen molar-refractivity contribution in [1.82, 2.24) is 10.2 Å². The molecule has 2 fully saturated rings. The third-order valence-electron chi connectivity index (χ3n) is 4.30. The molecular weight excluding hydrogens is 256 g/mol. The molecule has 118 valence electrons. The van der Waals surface area contributed by atoms with Gasteiger partial charge in [-0.1, -0.05) is 0 Å². The molecule has 5 nitrogen and oxygen atoms in total. The number of nitrogens with one attached hydrogen (secondary N) is 1. The number of ether oxygens (including phenoxy) is 3. The molecular formula is C15H30N2O3. The number of methoxy groups -OCH3 is 1. The van der Waals surface area contributed by atoms with Crippen molar-refractivity contribution >= 4 is 0 Å². The van der Waals surface area contributed by atoms with Crippen LogP contribution >= 0.6 is 0 Å². The molecule has 0 spiro atoms. The summed E-state index contributed by atoms with van der Waals surface area (Å²) in [7, 11) is 1.68. The molecule has 2 unspecified atom stereocenters. The van der Waals surface area contributed by atoms with Crippen molar-refractivity contribution < 1.29 is 14.2 Å². The summed E-state index contributed by atoms with van der Waals surface area (Å²) in [4.78, 5) is 2.66. The van der Waals surface area contributed by atoms with Crippen LogP contribution in [0.1, 0.15) is 25.7 Å². The zero-order valence-electron chi connectivity index (χ0n) is 12.8. The van der Waals surface area contributed by atoms with E-state index in [9.17, 15) is 0 Å². The van der Waals surface area contributed by atoms with Gasteiger partial charge >= 0.3 is 0 Å². The van der Waals surface area contributed by atoms with Gasteiger partial charge in [-0.05, 0) is 38.8 Å². The van der Waals surface area contributed by atoms with Crippen LogP contribution in [0, 0.1) is 0 Å². The van der Waals surface area contributed by atoms with Crippen LogP contribution in [0.15, 0.2) is 0 Å². The van der Waals surface area contributed by atoms with E-state index in [4.69, 9.17) is 14.2 Å². The molecule has 20 heavy (non-hydrogen) atoms. The maximum absolute atomic E-state index is 5.55. The lowest BCUT2D eigenvalue weighted by molar-refractivity contribution is 0.0247. The Balaban J connectivity index is 1.40. The number of hydrogen-bond acceptors (Lipinski definition) is 5. The molecule has 0 aromatic rings. The molecule has 2 atom stereocenters. The maximum atomic E-state index is 5.55. The predicted molar refractivity (Wildman–Crippen MR) is 79.1 cm³/mol. The first-order valence-electron chi connectivity index (χ1n) is 8.02. The van der Waals surface area contributed by atoms with E-state index in [0.717, 1.165) is 19.2 Å². The van der Waals surface area contributed by atoms with Crippen LogP contribution in [0.4, 0.5) is 0 Å². The van der Waals surface area contributed by atoms with E-state index < -0.39 is 0 Å². The molecule has 0 bridgehead atoms. The summed E-state index contributed by atoms with van der Waals surface area (Å²) in [5.74, 6) is 0. The summed E-state index contributed by atoms with van der Waals surface area (Å²) < 4.78 is 15.8. The quantitative estimate of drug-likeness (QED) is 0.604. The van der Waals surface area contributed by atoms with E-state index >= 15 is 0 Å². The van der Waals surface area contributed by atoms with Gasteiger partial charge in [-0.15, -0.1) is 0 Å². The van der Waals surface area contributed by atoms with Gasteiger partial charge in [-0.3, -0.25) is 0 Å². The molecule has 2 aliphatic rings. The Morgan fingerprint density at radius 3 is 2.65 bits per heavy atom. The molecule has 2 heterocycles. The first-order valence-corrected chi connectivity index (χ1v) is 8.02. The van der Waals surface area contributed by atoms with E-state index in [0.29, 0.717) is 32.5 Å². The van der Waals surface area contributed by atoms with Gasteiger partial charge in [0, 0.05) is 25.7 Å². The first kappa shape index (κ1) is 16.2. The lowest BCUT2D eigenvalue weighted by atomic mass is 9.98. The van der Waals surface area contributed by atoms with E-state index in [1.807, 2.05) is 0 Å². The molecule has 0 radical (unpaired) electrons. The fourth-order valence-electron chi connectivity index (χ4n) is 3.21. The van der Waals surface area contributed by atoms with Crippen LogP contribution in [-0.4, -0.2) is 76.8 Å². The second-order valence-electron chi connectivity index (χ2n) is 5.72. The minimum absolute atomic E-state index is 0.651. The molecule has 2 saturated heterocycles. The van der Waals surface area contributed by atoms with E-state index in [1.165, 1.54) is 38.8 Å². The van der Waals surface area contributed by atoms with Crippen molar-refractivity contribution in [2.45, 2.75) is 37.8 Å². The normalized spacial score (nSPS) is 26.9. The predicted octanol–water partition coefficient (Wildman–Crippen LogP) is 0.882. The van der Waals surface area contributed by atoms with Crippen molar-refractivity contribution in [3.8, 4) is 0 Å². The number of piperidine rings is 1. The maximum Gasteiger partial charge on any atom is 0.0701 e. The monoisotopic (exact) mass is 286 g/mol. The smallest absolute Gasteiger partial charge is 0.0701 e. The molecule has 2 rings (SSSR count). The molecule has 2 aliphatic heterocycles.